The highest BCUT2D eigenvalue weighted by Gasteiger charge is 2.14. The van der Waals surface area contributed by atoms with Crippen LogP contribution in [-0.2, 0) is 0 Å². The van der Waals surface area contributed by atoms with Crippen molar-refractivity contribution in [3.05, 3.63) is 77.5 Å². The molecule has 0 bridgehead atoms. The number of rotatable bonds is 2. The Kier molecular flexibility index (Phi) is 3.16. The molecule has 0 fully saturated rings. The molecule has 2 aromatic carbocycles. The molecule has 0 radical (unpaired) electrons. The fourth-order valence-corrected chi connectivity index (χ4v) is 2.11. The van der Waals surface area contributed by atoms with Crippen LogP contribution in [0.4, 0.5) is 8.78 Å². The molecule has 1 atom stereocenters. The number of nitrogens with zero attached hydrogens (tertiary/aromatic N) is 1. The summed E-state index contributed by atoms with van der Waals surface area (Å²) < 4.78 is 26.1. The van der Waals surface area contributed by atoms with E-state index in [0.29, 0.717) is 11.1 Å². The Morgan fingerprint density at radius 1 is 0.900 bits per heavy atom. The van der Waals surface area contributed by atoms with Crippen LogP contribution in [-0.4, -0.2) is 10.1 Å². The van der Waals surface area contributed by atoms with Gasteiger partial charge in [0.1, 0.15) is 6.10 Å². The molecule has 0 saturated carbocycles. The van der Waals surface area contributed by atoms with Gasteiger partial charge in [-0.25, -0.2) is 8.78 Å². The number of hydrogen-bond acceptors (Lipinski definition) is 2. The van der Waals surface area contributed by atoms with E-state index in [4.69, 9.17) is 0 Å². The summed E-state index contributed by atoms with van der Waals surface area (Å²) >= 11 is 0. The third-order valence-corrected chi connectivity index (χ3v) is 3.19. The lowest BCUT2D eigenvalue weighted by Crippen LogP contribution is -2.01. The second kappa shape index (κ2) is 4.98. The Hall–Kier alpha value is -2.33. The molecule has 0 aliphatic rings. The first-order valence-corrected chi connectivity index (χ1v) is 6.13. The van der Waals surface area contributed by atoms with E-state index in [-0.39, 0.29) is 0 Å². The Labute approximate surface area is 114 Å². The minimum absolute atomic E-state index is 0.293. The first-order valence-electron chi connectivity index (χ1n) is 6.13. The highest BCUT2D eigenvalue weighted by molar-refractivity contribution is 5.78. The summed E-state index contributed by atoms with van der Waals surface area (Å²) in [5, 5.41) is 11.1. The molecule has 100 valence electrons. The molecule has 1 N–H and O–H groups in total. The number of fused-ring (bicyclic) bond motifs is 1. The third kappa shape index (κ3) is 2.26. The molecule has 0 amide bonds. The van der Waals surface area contributed by atoms with Crippen molar-refractivity contribution in [2.45, 2.75) is 6.10 Å². The molecule has 2 nitrogen and oxygen atoms in total. The van der Waals surface area contributed by atoms with Crippen molar-refractivity contribution in [2.24, 2.45) is 0 Å². The van der Waals surface area contributed by atoms with Crippen molar-refractivity contribution in [3.8, 4) is 0 Å². The Bertz CT molecular complexity index is 773. The third-order valence-electron chi connectivity index (χ3n) is 3.19. The van der Waals surface area contributed by atoms with Crippen molar-refractivity contribution in [2.75, 3.05) is 0 Å². The van der Waals surface area contributed by atoms with Gasteiger partial charge in [0.25, 0.3) is 0 Å². The van der Waals surface area contributed by atoms with Gasteiger partial charge in [-0.1, -0.05) is 24.3 Å². The number of halogens is 2. The average Bonchev–Trinajstić information content (AvgIpc) is 2.49. The number of pyridine rings is 1. The molecule has 0 spiro atoms. The van der Waals surface area contributed by atoms with Crippen molar-refractivity contribution < 1.29 is 13.9 Å². The van der Waals surface area contributed by atoms with Crippen LogP contribution >= 0.6 is 0 Å². The van der Waals surface area contributed by atoms with E-state index in [1.165, 1.54) is 12.3 Å². The lowest BCUT2D eigenvalue weighted by atomic mass is 10.0. The first-order chi connectivity index (χ1) is 9.65. The maximum absolute atomic E-state index is 13.2. The zero-order valence-electron chi connectivity index (χ0n) is 10.4. The number of aliphatic hydroxyl groups is 1. The zero-order valence-corrected chi connectivity index (χ0v) is 10.4. The van der Waals surface area contributed by atoms with Crippen molar-refractivity contribution in [3.63, 3.8) is 0 Å². The second-order valence-electron chi connectivity index (χ2n) is 4.54. The molecule has 3 aromatic rings. The Balaban J connectivity index is 2.02. The van der Waals surface area contributed by atoms with Crippen LogP contribution in [0.1, 0.15) is 17.2 Å². The summed E-state index contributed by atoms with van der Waals surface area (Å²) in [5.74, 6) is -1.91. The van der Waals surface area contributed by atoms with Gasteiger partial charge in [-0.3, -0.25) is 4.98 Å². The maximum atomic E-state index is 13.2. The number of para-hydroxylation sites is 1. The lowest BCUT2D eigenvalue weighted by Gasteiger charge is -2.12. The molecular weight excluding hydrogens is 260 g/mol. The van der Waals surface area contributed by atoms with Crippen LogP contribution in [0, 0.1) is 11.6 Å². The van der Waals surface area contributed by atoms with E-state index in [0.717, 1.165) is 23.0 Å². The van der Waals surface area contributed by atoms with E-state index < -0.39 is 17.7 Å². The van der Waals surface area contributed by atoms with E-state index in [2.05, 4.69) is 4.98 Å². The predicted molar refractivity (Wildman–Crippen MR) is 72.2 cm³/mol. The van der Waals surface area contributed by atoms with Gasteiger partial charge in [0.05, 0.1) is 5.52 Å². The van der Waals surface area contributed by atoms with Gasteiger partial charge in [0, 0.05) is 17.1 Å². The molecule has 0 aliphatic heterocycles. The van der Waals surface area contributed by atoms with Gasteiger partial charge in [-0.2, -0.15) is 0 Å². The lowest BCUT2D eigenvalue weighted by molar-refractivity contribution is 0.219. The van der Waals surface area contributed by atoms with Crippen LogP contribution < -0.4 is 0 Å². The number of hydrogen-bond donors (Lipinski definition) is 1. The molecule has 20 heavy (non-hydrogen) atoms. The van der Waals surface area contributed by atoms with Crippen LogP contribution in [0.2, 0.25) is 0 Å². The monoisotopic (exact) mass is 271 g/mol. The number of aromatic nitrogens is 1. The summed E-state index contributed by atoms with van der Waals surface area (Å²) in [6, 6.07) is 12.6. The summed E-state index contributed by atoms with van der Waals surface area (Å²) in [6.07, 6.45) is 0.496. The molecule has 1 heterocycles. The van der Waals surface area contributed by atoms with Gasteiger partial charge in [-0.15, -0.1) is 0 Å². The van der Waals surface area contributed by atoms with Crippen molar-refractivity contribution in [1.82, 2.24) is 4.98 Å². The number of aliphatic hydroxyl groups excluding tert-OH is 1. The smallest absolute Gasteiger partial charge is 0.159 e. The summed E-state index contributed by atoms with van der Waals surface area (Å²) in [6.45, 7) is 0. The molecule has 0 saturated heterocycles. The van der Waals surface area contributed by atoms with Gasteiger partial charge in [-0.05, 0) is 29.8 Å². The fourth-order valence-electron chi connectivity index (χ4n) is 2.11. The van der Waals surface area contributed by atoms with Crippen LogP contribution in [0.25, 0.3) is 10.9 Å². The van der Waals surface area contributed by atoms with E-state index >= 15 is 0 Å². The highest BCUT2D eigenvalue weighted by atomic mass is 19.2. The Morgan fingerprint density at radius 2 is 1.70 bits per heavy atom. The maximum Gasteiger partial charge on any atom is 0.159 e. The quantitative estimate of drug-likeness (QED) is 0.772. The van der Waals surface area contributed by atoms with Crippen LogP contribution in [0.5, 0.6) is 0 Å². The minimum atomic E-state index is -1.04. The zero-order chi connectivity index (χ0) is 14.1. The van der Waals surface area contributed by atoms with E-state index in [1.807, 2.05) is 24.3 Å². The number of benzene rings is 2. The van der Waals surface area contributed by atoms with Gasteiger partial charge in [0.15, 0.2) is 11.6 Å². The topological polar surface area (TPSA) is 33.1 Å². The molecule has 4 heteroatoms. The summed E-state index contributed by atoms with van der Waals surface area (Å²) in [5.41, 5.74) is 1.64. The highest BCUT2D eigenvalue weighted by Crippen LogP contribution is 2.25. The molecule has 1 aromatic heterocycles. The average molecular weight is 271 g/mol. The fraction of sp³-hybridized carbons (Fsp3) is 0.0625. The van der Waals surface area contributed by atoms with Crippen LogP contribution in [0.15, 0.2) is 54.7 Å². The van der Waals surface area contributed by atoms with Crippen molar-refractivity contribution in [1.29, 1.82) is 0 Å². The summed E-state index contributed by atoms with van der Waals surface area (Å²) in [4.78, 5) is 4.24. The SMILES string of the molecule is OC(c1ccc(F)c(F)c1)c1cnc2ccccc2c1. The van der Waals surface area contributed by atoms with Crippen molar-refractivity contribution >= 4 is 10.9 Å². The minimum Gasteiger partial charge on any atom is -0.384 e. The normalized spacial score (nSPS) is 12.6. The van der Waals surface area contributed by atoms with E-state index in [9.17, 15) is 13.9 Å². The second-order valence-corrected chi connectivity index (χ2v) is 4.54. The van der Waals surface area contributed by atoms with Gasteiger partial charge in [0.2, 0.25) is 0 Å². The van der Waals surface area contributed by atoms with Gasteiger partial charge >= 0.3 is 0 Å². The largest absolute Gasteiger partial charge is 0.384 e. The standard InChI is InChI=1S/C16H11F2NO/c17-13-6-5-11(8-14(13)18)16(20)12-7-10-3-1-2-4-15(10)19-9-12/h1-9,16,20H. The van der Waals surface area contributed by atoms with Crippen LogP contribution in [0.3, 0.4) is 0 Å². The Morgan fingerprint density at radius 3 is 2.50 bits per heavy atom. The molecule has 3 rings (SSSR count). The predicted octanol–water partition coefficient (Wildman–Crippen LogP) is 3.59. The first kappa shape index (κ1) is 12.7. The van der Waals surface area contributed by atoms with E-state index in [1.54, 1.807) is 6.07 Å². The molecular formula is C16H11F2NO. The summed E-state index contributed by atoms with van der Waals surface area (Å²) in [7, 11) is 0. The van der Waals surface area contributed by atoms with Gasteiger partial charge < -0.3 is 5.11 Å². The molecule has 0 aliphatic carbocycles. The molecule has 1 unspecified atom stereocenters.